The Morgan fingerprint density at radius 2 is 1.88 bits per heavy atom. The first kappa shape index (κ1) is 17.2. The van der Waals surface area contributed by atoms with Crippen LogP contribution in [0.5, 0.6) is 0 Å². The molecule has 3 nitrogen and oxygen atoms in total. The third-order valence-electron chi connectivity index (χ3n) is 5.83. The normalized spacial score (nSPS) is 25.2. The van der Waals surface area contributed by atoms with E-state index in [1.54, 1.807) is 12.1 Å². The van der Waals surface area contributed by atoms with E-state index in [1.807, 2.05) is 6.07 Å². The van der Waals surface area contributed by atoms with Crippen LogP contribution in [0.4, 0.5) is 4.39 Å². The molecule has 26 heavy (non-hydrogen) atoms. The second-order valence-corrected chi connectivity index (χ2v) is 7.38. The van der Waals surface area contributed by atoms with E-state index in [2.05, 4.69) is 34.5 Å². The Balaban J connectivity index is 1.37. The van der Waals surface area contributed by atoms with Crippen molar-refractivity contribution in [2.45, 2.75) is 37.8 Å². The number of benzene rings is 2. The quantitative estimate of drug-likeness (QED) is 0.890. The van der Waals surface area contributed by atoms with Gasteiger partial charge in [-0.3, -0.25) is 9.69 Å². The topological polar surface area (TPSA) is 32.3 Å². The summed E-state index contributed by atoms with van der Waals surface area (Å²) in [5, 5.41) is 3.11. The van der Waals surface area contributed by atoms with Gasteiger partial charge in [0.25, 0.3) is 0 Å². The van der Waals surface area contributed by atoms with Crippen molar-refractivity contribution >= 4 is 5.91 Å². The third-order valence-corrected chi connectivity index (χ3v) is 5.83. The summed E-state index contributed by atoms with van der Waals surface area (Å²) in [4.78, 5) is 15.3. The summed E-state index contributed by atoms with van der Waals surface area (Å²) in [5.41, 5.74) is 2.36. The van der Waals surface area contributed by atoms with Crippen LogP contribution >= 0.6 is 0 Å². The number of carbonyl (C=O) groups is 1. The molecule has 0 aromatic heterocycles. The van der Waals surface area contributed by atoms with E-state index in [0.29, 0.717) is 18.6 Å². The predicted octanol–water partition coefficient (Wildman–Crippen LogP) is 3.71. The van der Waals surface area contributed by atoms with Crippen LogP contribution in [0.3, 0.4) is 0 Å². The summed E-state index contributed by atoms with van der Waals surface area (Å²) in [6, 6.07) is 17.8. The number of nitrogens with one attached hydrogen (secondary N) is 1. The molecule has 0 bridgehead atoms. The first-order valence-corrected chi connectivity index (χ1v) is 9.55. The zero-order valence-corrected chi connectivity index (χ0v) is 14.9. The lowest BCUT2D eigenvalue weighted by Crippen LogP contribution is -2.38. The summed E-state index contributed by atoms with van der Waals surface area (Å²) in [7, 11) is 0. The molecule has 2 aromatic carbocycles. The molecule has 1 N–H and O–H groups in total. The van der Waals surface area contributed by atoms with E-state index in [0.717, 1.165) is 31.4 Å². The standard InChI is InChI=1S/C22H25FN2O/c23-18-10-8-16(9-11-18)12-13-24-22(26)19-15-21(17-5-2-1-3-6-17)25-14-4-7-20(19)25/h1-3,5-6,8-11,19-21H,4,7,12-15H2,(H,24,26)/t19-,20+,21-/m0/s1. The average molecular weight is 352 g/mol. The van der Waals surface area contributed by atoms with Crippen molar-refractivity contribution in [2.75, 3.05) is 13.1 Å². The molecular formula is C22H25FN2O. The Labute approximate surface area is 154 Å². The van der Waals surface area contributed by atoms with Crippen molar-refractivity contribution in [3.05, 3.63) is 71.5 Å². The summed E-state index contributed by atoms with van der Waals surface area (Å²) in [6.45, 7) is 1.69. The Kier molecular flexibility index (Phi) is 5.02. The van der Waals surface area contributed by atoms with E-state index < -0.39 is 0 Å². The molecule has 2 fully saturated rings. The smallest absolute Gasteiger partial charge is 0.224 e. The lowest BCUT2D eigenvalue weighted by atomic mass is 9.93. The van der Waals surface area contributed by atoms with Gasteiger partial charge in [-0.25, -0.2) is 4.39 Å². The van der Waals surface area contributed by atoms with Crippen LogP contribution in [0.15, 0.2) is 54.6 Å². The van der Waals surface area contributed by atoms with Gasteiger partial charge >= 0.3 is 0 Å². The zero-order valence-electron chi connectivity index (χ0n) is 14.9. The molecule has 0 unspecified atom stereocenters. The van der Waals surface area contributed by atoms with Crippen molar-refractivity contribution in [2.24, 2.45) is 5.92 Å². The van der Waals surface area contributed by atoms with Crippen molar-refractivity contribution in [3.63, 3.8) is 0 Å². The molecule has 4 heteroatoms. The fourth-order valence-corrected chi connectivity index (χ4v) is 4.56. The van der Waals surface area contributed by atoms with Crippen LogP contribution in [-0.4, -0.2) is 29.9 Å². The number of nitrogens with zero attached hydrogens (tertiary/aromatic N) is 1. The third kappa shape index (κ3) is 3.51. The minimum Gasteiger partial charge on any atom is -0.355 e. The first-order chi connectivity index (χ1) is 12.7. The maximum atomic E-state index is 13.0. The molecule has 0 radical (unpaired) electrons. The van der Waals surface area contributed by atoms with Crippen LogP contribution in [0.2, 0.25) is 0 Å². The van der Waals surface area contributed by atoms with Crippen LogP contribution in [0, 0.1) is 11.7 Å². The molecule has 0 spiro atoms. The molecule has 2 saturated heterocycles. The van der Waals surface area contributed by atoms with Gasteiger partial charge in [0, 0.05) is 18.6 Å². The van der Waals surface area contributed by atoms with Crippen LogP contribution in [-0.2, 0) is 11.2 Å². The van der Waals surface area contributed by atoms with Gasteiger partial charge in [-0.15, -0.1) is 0 Å². The van der Waals surface area contributed by atoms with Crippen molar-refractivity contribution in [3.8, 4) is 0 Å². The molecule has 136 valence electrons. The largest absolute Gasteiger partial charge is 0.355 e. The first-order valence-electron chi connectivity index (χ1n) is 9.55. The Morgan fingerprint density at radius 1 is 1.12 bits per heavy atom. The number of rotatable bonds is 5. The summed E-state index contributed by atoms with van der Waals surface area (Å²) in [5.74, 6) is 0.00962. The van der Waals surface area contributed by atoms with Crippen molar-refractivity contribution < 1.29 is 9.18 Å². The second-order valence-electron chi connectivity index (χ2n) is 7.38. The minimum atomic E-state index is -0.225. The summed E-state index contributed by atoms with van der Waals surface area (Å²) in [6.07, 6.45) is 3.92. The van der Waals surface area contributed by atoms with Gasteiger partial charge in [0.05, 0.1) is 5.92 Å². The van der Waals surface area contributed by atoms with Gasteiger partial charge in [-0.05, 0) is 55.5 Å². The monoisotopic (exact) mass is 352 g/mol. The summed E-state index contributed by atoms with van der Waals surface area (Å²) >= 11 is 0. The molecule has 1 amide bonds. The van der Waals surface area contributed by atoms with Crippen LogP contribution in [0.25, 0.3) is 0 Å². The van der Waals surface area contributed by atoms with Gasteiger partial charge in [0.1, 0.15) is 5.82 Å². The second kappa shape index (κ2) is 7.58. The Morgan fingerprint density at radius 3 is 2.65 bits per heavy atom. The summed E-state index contributed by atoms with van der Waals surface area (Å²) < 4.78 is 13.0. The SMILES string of the molecule is O=C(NCCc1ccc(F)cc1)[C@H]1C[C@@H](c2ccccc2)N2CCC[C@H]12. The maximum Gasteiger partial charge on any atom is 0.224 e. The lowest BCUT2D eigenvalue weighted by molar-refractivity contribution is -0.125. The molecule has 0 aliphatic carbocycles. The van der Waals surface area contributed by atoms with Crippen molar-refractivity contribution in [1.29, 1.82) is 0 Å². The van der Waals surface area contributed by atoms with Gasteiger partial charge < -0.3 is 5.32 Å². The van der Waals surface area contributed by atoms with E-state index in [1.165, 1.54) is 24.1 Å². The molecule has 2 heterocycles. The van der Waals surface area contributed by atoms with Gasteiger partial charge in [-0.1, -0.05) is 42.5 Å². The highest BCUT2D eigenvalue weighted by molar-refractivity contribution is 5.80. The fraction of sp³-hybridized carbons (Fsp3) is 0.409. The molecule has 0 saturated carbocycles. The molecule has 2 aliphatic heterocycles. The highest BCUT2D eigenvalue weighted by atomic mass is 19.1. The number of hydrogen-bond acceptors (Lipinski definition) is 2. The number of amides is 1. The van der Waals surface area contributed by atoms with Crippen LogP contribution < -0.4 is 5.32 Å². The number of hydrogen-bond donors (Lipinski definition) is 1. The Bertz CT molecular complexity index is 746. The lowest BCUT2D eigenvalue weighted by Gasteiger charge is -2.24. The average Bonchev–Trinajstić information content (AvgIpc) is 3.26. The minimum absolute atomic E-state index is 0.0657. The van der Waals surface area contributed by atoms with E-state index in [-0.39, 0.29) is 17.6 Å². The fourth-order valence-electron chi connectivity index (χ4n) is 4.56. The van der Waals surface area contributed by atoms with Crippen LogP contribution in [0.1, 0.15) is 36.4 Å². The van der Waals surface area contributed by atoms with E-state index in [9.17, 15) is 9.18 Å². The Hall–Kier alpha value is -2.20. The number of halogens is 1. The molecule has 2 aromatic rings. The zero-order chi connectivity index (χ0) is 17.9. The highest BCUT2D eigenvalue weighted by Gasteiger charge is 2.46. The molecule has 3 atom stereocenters. The van der Waals surface area contributed by atoms with E-state index >= 15 is 0 Å². The maximum absolute atomic E-state index is 13.0. The van der Waals surface area contributed by atoms with Gasteiger partial charge in [0.15, 0.2) is 0 Å². The predicted molar refractivity (Wildman–Crippen MR) is 100 cm³/mol. The number of carbonyl (C=O) groups excluding carboxylic acids is 1. The molecule has 2 aliphatic rings. The molecule has 4 rings (SSSR count). The highest BCUT2D eigenvalue weighted by Crippen LogP contribution is 2.44. The van der Waals surface area contributed by atoms with Gasteiger partial charge in [0.2, 0.25) is 5.91 Å². The molecular weight excluding hydrogens is 327 g/mol. The van der Waals surface area contributed by atoms with Gasteiger partial charge in [-0.2, -0.15) is 0 Å². The van der Waals surface area contributed by atoms with Crippen molar-refractivity contribution in [1.82, 2.24) is 10.2 Å². The van der Waals surface area contributed by atoms with E-state index in [4.69, 9.17) is 0 Å². The number of fused-ring (bicyclic) bond motifs is 1.